The van der Waals surface area contributed by atoms with Crippen molar-refractivity contribution < 1.29 is 26.4 Å². The molecule has 0 saturated carbocycles. The van der Waals surface area contributed by atoms with E-state index in [1.165, 1.54) is 6.07 Å². The molecule has 0 aliphatic carbocycles. The van der Waals surface area contributed by atoms with Crippen LogP contribution in [0.5, 0.6) is 0 Å². The molecule has 0 radical (unpaired) electrons. The molecule has 10 nitrogen and oxygen atoms in total. The van der Waals surface area contributed by atoms with Gasteiger partial charge in [-0.25, -0.2) is 8.42 Å². The van der Waals surface area contributed by atoms with Crippen molar-refractivity contribution in [1.29, 1.82) is 0 Å². The molecule has 1 aliphatic heterocycles. The van der Waals surface area contributed by atoms with Gasteiger partial charge in [-0.2, -0.15) is 13.2 Å². The molecular formula is C54H59ClF3N7O3S3. The first-order valence-corrected chi connectivity index (χ1v) is 27.0. The molecule has 2 heterocycles. The maximum Gasteiger partial charge on any atom is 0.501 e. The third kappa shape index (κ3) is 14.2. The number of hydrogen-bond acceptors (Lipinski definition) is 10. The highest BCUT2D eigenvalue weighted by Gasteiger charge is 2.48. The summed E-state index contributed by atoms with van der Waals surface area (Å²) in [5.41, 5.74) is 1.36. The Hall–Kier alpha value is -5.38. The predicted molar refractivity (Wildman–Crippen MR) is 286 cm³/mol. The Kier molecular flexibility index (Phi) is 18.3. The number of halogens is 4. The first-order valence-electron chi connectivity index (χ1n) is 23.3. The first-order chi connectivity index (χ1) is 34.0. The number of anilines is 2. The van der Waals surface area contributed by atoms with E-state index < -0.39 is 20.2 Å². The summed E-state index contributed by atoms with van der Waals surface area (Å²) >= 11 is 8.85. The lowest BCUT2D eigenvalue weighted by molar-refractivity contribution is -0.0435. The molecule has 1 aliphatic rings. The molecule has 7 rings (SSSR count). The van der Waals surface area contributed by atoms with Gasteiger partial charge in [0.05, 0.1) is 16.9 Å². The standard InChI is InChI=1S/C54H59ClF3N7O3S3/c1-38-50(53(66)59-28-10-29-65-33-31-63(4)32-34-65)51(52(64(38)5)41-19-21-43(55)22-20-41)42-12-9-11-40(35-42)16-15-39-17-23-44(24-18-39)61-70-47-25-26-48(49(36-47)71(67,68)54(56,57)58)60-45(27-30-62(2)3)37-69-46-13-7-6-8-14-46/h6-9,11-14,17-26,35-36,45,60-61H,10,27-34,37H2,1-5H3,(H,59,66)/t45-/m1/s1. The van der Waals surface area contributed by atoms with Crippen molar-refractivity contribution >= 4 is 62.4 Å². The minimum absolute atomic E-state index is 0.105. The number of sulfone groups is 1. The summed E-state index contributed by atoms with van der Waals surface area (Å²) in [4.78, 5) is 21.3. The topological polar surface area (TPSA) is 102 Å². The number of thioether (sulfide) groups is 1. The minimum Gasteiger partial charge on any atom is -0.380 e. The van der Waals surface area contributed by atoms with Crippen LogP contribution < -0.4 is 15.4 Å². The molecule has 0 bridgehead atoms. The molecular weight excluding hydrogens is 983 g/mol. The Morgan fingerprint density at radius 2 is 1.54 bits per heavy atom. The first kappa shape index (κ1) is 53.4. The zero-order chi connectivity index (χ0) is 50.7. The van der Waals surface area contributed by atoms with Crippen LogP contribution in [0.4, 0.5) is 24.5 Å². The third-order valence-corrected chi connectivity index (χ3v) is 16.0. The Morgan fingerprint density at radius 1 is 0.831 bits per heavy atom. The van der Waals surface area contributed by atoms with Gasteiger partial charge in [-0.3, -0.25) is 4.79 Å². The average molecular weight is 1040 g/mol. The highest BCUT2D eigenvalue weighted by atomic mass is 35.5. The van der Waals surface area contributed by atoms with Gasteiger partial charge >= 0.3 is 5.51 Å². The summed E-state index contributed by atoms with van der Waals surface area (Å²) in [5.74, 6) is 6.88. The second kappa shape index (κ2) is 24.4. The van der Waals surface area contributed by atoms with E-state index in [1.54, 1.807) is 30.0 Å². The van der Waals surface area contributed by atoms with E-state index in [4.69, 9.17) is 11.6 Å². The Morgan fingerprint density at radius 3 is 2.23 bits per heavy atom. The minimum atomic E-state index is -5.70. The van der Waals surface area contributed by atoms with Crippen LogP contribution in [0.3, 0.4) is 0 Å². The Labute approximate surface area is 429 Å². The molecule has 6 aromatic rings. The number of alkyl halides is 3. The van der Waals surface area contributed by atoms with Crippen LogP contribution in [0.25, 0.3) is 22.4 Å². The van der Waals surface area contributed by atoms with Gasteiger partial charge in [-0.05, 0) is 156 Å². The van der Waals surface area contributed by atoms with Gasteiger partial charge in [0.15, 0.2) is 0 Å². The number of nitrogens with zero attached hydrogens (tertiary/aromatic N) is 4. The largest absolute Gasteiger partial charge is 0.501 e. The summed E-state index contributed by atoms with van der Waals surface area (Å²) in [5, 5.41) is 6.96. The van der Waals surface area contributed by atoms with Crippen molar-refractivity contribution in [3.05, 3.63) is 149 Å². The Bertz CT molecular complexity index is 2930. The van der Waals surface area contributed by atoms with Crippen LogP contribution >= 0.6 is 35.3 Å². The number of benzene rings is 5. The average Bonchev–Trinajstić information content (AvgIpc) is 3.62. The molecule has 1 atom stereocenters. The normalized spacial score (nSPS) is 13.9. The highest BCUT2D eigenvalue weighted by Crippen LogP contribution is 2.40. The van der Waals surface area contributed by atoms with Gasteiger partial charge in [-0.15, -0.1) is 11.8 Å². The van der Waals surface area contributed by atoms with Crippen molar-refractivity contribution in [2.45, 2.75) is 46.0 Å². The summed E-state index contributed by atoms with van der Waals surface area (Å²) in [6, 6.07) is 36.0. The zero-order valence-electron chi connectivity index (χ0n) is 40.4. The zero-order valence-corrected chi connectivity index (χ0v) is 43.7. The van der Waals surface area contributed by atoms with Crippen LogP contribution in [0, 0.1) is 18.8 Å². The van der Waals surface area contributed by atoms with E-state index in [9.17, 15) is 26.4 Å². The maximum absolute atomic E-state index is 14.1. The van der Waals surface area contributed by atoms with E-state index in [2.05, 4.69) is 48.6 Å². The maximum atomic E-state index is 14.1. The van der Waals surface area contributed by atoms with Gasteiger partial charge in [0.1, 0.15) is 4.90 Å². The monoisotopic (exact) mass is 1040 g/mol. The van der Waals surface area contributed by atoms with Gasteiger partial charge in [-0.1, -0.05) is 65.9 Å². The smallest absolute Gasteiger partial charge is 0.380 e. The summed E-state index contributed by atoms with van der Waals surface area (Å²) in [6.45, 7) is 8.23. The second-order valence-electron chi connectivity index (χ2n) is 17.8. The molecule has 1 fully saturated rings. The van der Waals surface area contributed by atoms with Gasteiger partial charge < -0.3 is 34.6 Å². The molecule has 0 spiro atoms. The van der Waals surface area contributed by atoms with Crippen LogP contribution in [-0.4, -0.2) is 118 Å². The van der Waals surface area contributed by atoms with E-state index in [1.807, 2.05) is 124 Å². The van der Waals surface area contributed by atoms with Crippen molar-refractivity contribution in [1.82, 2.24) is 24.6 Å². The van der Waals surface area contributed by atoms with Crippen LogP contribution in [0.15, 0.2) is 136 Å². The van der Waals surface area contributed by atoms with Crippen molar-refractivity contribution in [3.63, 3.8) is 0 Å². The fourth-order valence-electron chi connectivity index (χ4n) is 8.18. The molecule has 3 N–H and O–H groups in total. The molecule has 1 amide bonds. The van der Waals surface area contributed by atoms with Crippen LogP contribution in [0.1, 0.15) is 40.0 Å². The van der Waals surface area contributed by atoms with E-state index in [0.717, 1.165) is 95.7 Å². The summed E-state index contributed by atoms with van der Waals surface area (Å²) in [6.07, 6.45) is 1.42. The second-order valence-corrected chi connectivity index (χ2v) is 22.1. The SMILES string of the molecule is Cc1c(C(=O)NCCCN2CCN(C)CC2)c(-c2cccc(C#Cc3ccc(NSc4ccc(N[C@H](CCN(C)C)CSc5ccccc5)c(S(=O)(=O)C(F)(F)F)c4)cc3)c2)c(-c2ccc(Cl)cc2)n1C. The molecule has 0 unspecified atom stereocenters. The van der Waals surface area contributed by atoms with Crippen LogP contribution in [0.2, 0.25) is 5.02 Å². The van der Waals surface area contributed by atoms with Crippen molar-refractivity contribution in [3.8, 4) is 34.2 Å². The lowest BCUT2D eigenvalue weighted by Gasteiger charge is -2.32. The molecule has 1 aromatic heterocycles. The highest BCUT2D eigenvalue weighted by molar-refractivity contribution is 8.00. The molecule has 1 saturated heterocycles. The van der Waals surface area contributed by atoms with E-state index >= 15 is 0 Å². The van der Waals surface area contributed by atoms with Crippen molar-refractivity contribution in [2.75, 3.05) is 82.7 Å². The van der Waals surface area contributed by atoms with Crippen LogP contribution in [-0.2, 0) is 16.9 Å². The lowest BCUT2D eigenvalue weighted by Crippen LogP contribution is -2.45. The quantitative estimate of drug-likeness (QED) is 0.0315. The Balaban J connectivity index is 1.06. The third-order valence-electron chi connectivity index (χ3n) is 12.3. The number of carbonyl (C=O) groups is 1. The lowest BCUT2D eigenvalue weighted by atomic mass is 9.95. The number of likely N-dealkylation sites (N-methyl/N-ethyl adjacent to an activating group) is 1. The fourth-order valence-corrected chi connectivity index (χ4v) is 11.0. The van der Waals surface area contributed by atoms with Gasteiger partial charge in [0.25, 0.3) is 15.7 Å². The number of rotatable bonds is 19. The summed E-state index contributed by atoms with van der Waals surface area (Å²) in [7, 11) is 2.21. The number of nitrogens with one attached hydrogen (secondary N) is 3. The fraction of sp³-hybridized carbons (Fsp3) is 0.315. The molecule has 17 heteroatoms. The number of piperazine rings is 1. The summed E-state index contributed by atoms with van der Waals surface area (Å²) < 4.78 is 73.6. The predicted octanol–water partition coefficient (Wildman–Crippen LogP) is 11.0. The van der Waals surface area contributed by atoms with Gasteiger partial charge in [0.2, 0.25) is 0 Å². The number of hydrogen-bond donors (Lipinski definition) is 3. The number of amides is 1. The molecule has 374 valence electrons. The van der Waals surface area contributed by atoms with Gasteiger partial charge in [0, 0.05) is 94.5 Å². The number of aromatic nitrogens is 1. The molecule has 71 heavy (non-hydrogen) atoms. The molecule has 5 aromatic carbocycles. The van der Waals surface area contributed by atoms with E-state index in [-0.39, 0.29) is 22.5 Å². The van der Waals surface area contributed by atoms with E-state index in [0.29, 0.717) is 47.1 Å². The number of carbonyl (C=O) groups excluding carboxylic acids is 1. The van der Waals surface area contributed by atoms with Crippen molar-refractivity contribution in [2.24, 2.45) is 7.05 Å².